The number of halogens is 3. The summed E-state index contributed by atoms with van der Waals surface area (Å²) in [5, 5.41) is 0.637. The maximum atomic E-state index is 13.5. The Bertz CT molecular complexity index is 1480. The predicted octanol–water partition coefficient (Wildman–Crippen LogP) is 4.33. The number of sulfonamides is 3. The lowest BCUT2D eigenvalue weighted by molar-refractivity contribution is 0.127. The van der Waals surface area contributed by atoms with Crippen molar-refractivity contribution in [2.75, 3.05) is 20.0 Å². The van der Waals surface area contributed by atoms with Crippen LogP contribution in [-0.4, -0.2) is 58.2 Å². The first-order chi connectivity index (χ1) is 18.3. The molecule has 0 bridgehead atoms. The lowest BCUT2D eigenvalue weighted by Gasteiger charge is -2.40. The summed E-state index contributed by atoms with van der Waals surface area (Å²) in [7, 11) is -12.7. The molecule has 9 nitrogen and oxygen atoms in total. The monoisotopic (exact) mass is 651 g/mol. The third-order valence-electron chi connectivity index (χ3n) is 6.01. The normalized spacial score (nSPS) is 16.4. The summed E-state index contributed by atoms with van der Waals surface area (Å²) in [6, 6.07) is 19.0. The number of rotatable bonds is 9. The van der Waals surface area contributed by atoms with Gasteiger partial charge in [-0.05, 0) is 34.9 Å². The smallest absolute Gasteiger partial charge is 0.212 e. The van der Waals surface area contributed by atoms with Crippen molar-refractivity contribution in [1.82, 2.24) is 12.9 Å². The highest BCUT2D eigenvalue weighted by Crippen LogP contribution is 2.27. The molecule has 0 saturated carbocycles. The van der Waals surface area contributed by atoms with Crippen molar-refractivity contribution in [2.45, 2.75) is 17.3 Å². The summed E-state index contributed by atoms with van der Waals surface area (Å²) >= 11 is 18.5. The van der Waals surface area contributed by atoms with Gasteiger partial charge in [0.05, 0.1) is 37.3 Å². The third kappa shape index (κ3) is 7.32. The van der Waals surface area contributed by atoms with E-state index in [-0.39, 0.29) is 15.1 Å². The summed E-state index contributed by atoms with van der Waals surface area (Å²) < 4.78 is 83.2. The lowest BCUT2D eigenvalue weighted by Crippen LogP contribution is -2.59. The van der Waals surface area contributed by atoms with Crippen molar-refractivity contribution >= 4 is 64.9 Å². The molecule has 1 saturated heterocycles. The van der Waals surface area contributed by atoms with E-state index in [0.717, 1.165) is 12.9 Å². The fourth-order valence-corrected chi connectivity index (χ4v) is 9.34. The van der Waals surface area contributed by atoms with E-state index in [4.69, 9.17) is 34.8 Å². The molecule has 0 aromatic heterocycles. The van der Waals surface area contributed by atoms with Crippen LogP contribution in [-0.2, 0) is 47.3 Å². The maximum Gasteiger partial charge on any atom is 0.220 e. The molecule has 0 spiro atoms. The number of hydrogen-bond acceptors (Lipinski definition) is 6. The molecular formula is C24H24Cl3N3O6S3. The van der Waals surface area contributed by atoms with Crippen molar-refractivity contribution in [3.05, 3.63) is 105 Å². The van der Waals surface area contributed by atoms with Gasteiger partial charge in [-0.25, -0.2) is 25.3 Å². The highest BCUT2D eigenvalue weighted by molar-refractivity contribution is 7.90. The molecular weight excluding hydrogens is 629 g/mol. The topological polar surface area (TPSA) is 112 Å². The van der Waals surface area contributed by atoms with Gasteiger partial charge in [0.15, 0.2) is 0 Å². The first-order valence-electron chi connectivity index (χ1n) is 11.4. The largest absolute Gasteiger partial charge is 0.220 e. The van der Waals surface area contributed by atoms with Crippen molar-refractivity contribution in [2.24, 2.45) is 0 Å². The molecule has 0 atom stereocenters. The Balaban J connectivity index is 1.69. The Labute approximate surface area is 243 Å². The maximum absolute atomic E-state index is 13.5. The molecule has 0 amide bonds. The standard InChI is InChI=1S/C24H24Cl3N3O6S3/c25-22-10-4-1-7-19(22)13-37(31,32)28-16-29(38(33,34)14-20-8-2-5-11-23(20)26)18-30(17-28)39(35,36)15-21-9-3-6-12-24(21)27/h1-12H,13-18H2. The first kappa shape index (κ1) is 30.2. The summed E-state index contributed by atoms with van der Waals surface area (Å²) in [6.45, 7) is -1.76. The Morgan fingerprint density at radius 2 is 0.692 bits per heavy atom. The van der Waals surface area contributed by atoms with Crippen molar-refractivity contribution in [3.8, 4) is 0 Å². The van der Waals surface area contributed by atoms with E-state index < -0.39 is 67.3 Å². The van der Waals surface area contributed by atoms with E-state index in [1.165, 1.54) is 36.4 Å². The molecule has 1 aliphatic heterocycles. The third-order valence-corrected chi connectivity index (χ3v) is 12.2. The van der Waals surface area contributed by atoms with Crippen LogP contribution >= 0.6 is 34.8 Å². The Kier molecular flexibility index (Phi) is 9.31. The van der Waals surface area contributed by atoms with Crippen LogP contribution < -0.4 is 0 Å². The van der Waals surface area contributed by atoms with Gasteiger partial charge in [-0.15, -0.1) is 0 Å². The van der Waals surface area contributed by atoms with Crippen LogP contribution in [0, 0.1) is 0 Å². The van der Waals surface area contributed by atoms with Gasteiger partial charge >= 0.3 is 0 Å². The molecule has 15 heteroatoms. The minimum atomic E-state index is -4.22. The number of nitrogens with zero attached hydrogens (tertiary/aromatic N) is 3. The molecule has 210 valence electrons. The molecule has 1 fully saturated rings. The Hall–Kier alpha value is -1.74. The SMILES string of the molecule is O=S(=O)(Cc1ccccc1Cl)N1CN(S(=O)(=O)Cc2ccccc2Cl)CN(S(=O)(=O)Cc2ccccc2Cl)C1. The predicted molar refractivity (Wildman–Crippen MR) is 152 cm³/mol. The highest BCUT2D eigenvalue weighted by atomic mass is 35.5. The molecule has 1 aliphatic rings. The zero-order chi connectivity index (χ0) is 28.4. The quantitative estimate of drug-likeness (QED) is 0.340. The second kappa shape index (κ2) is 12.0. The summed E-state index contributed by atoms with van der Waals surface area (Å²) in [5.74, 6) is -1.66. The van der Waals surface area contributed by atoms with Gasteiger partial charge in [0.1, 0.15) is 0 Å². The Morgan fingerprint density at radius 3 is 0.923 bits per heavy atom. The second-order valence-electron chi connectivity index (χ2n) is 8.82. The summed E-state index contributed by atoms with van der Waals surface area (Å²) in [6.07, 6.45) is 0. The van der Waals surface area contributed by atoms with Crippen LogP contribution in [0.5, 0.6) is 0 Å². The average Bonchev–Trinajstić information content (AvgIpc) is 2.88. The highest BCUT2D eigenvalue weighted by Gasteiger charge is 2.41. The van der Waals surface area contributed by atoms with Crippen molar-refractivity contribution in [1.29, 1.82) is 0 Å². The molecule has 0 radical (unpaired) electrons. The van der Waals surface area contributed by atoms with E-state index in [0.29, 0.717) is 16.7 Å². The van der Waals surface area contributed by atoms with E-state index in [9.17, 15) is 25.3 Å². The van der Waals surface area contributed by atoms with Crippen LogP contribution in [0.1, 0.15) is 16.7 Å². The summed E-state index contributed by atoms with van der Waals surface area (Å²) in [4.78, 5) is 0. The molecule has 3 aromatic carbocycles. The van der Waals surface area contributed by atoms with Crippen molar-refractivity contribution < 1.29 is 25.3 Å². The van der Waals surface area contributed by atoms with Crippen molar-refractivity contribution in [3.63, 3.8) is 0 Å². The van der Waals surface area contributed by atoms with Gasteiger partial charge in [-0.2, -0.15) is 12.9 Å². The zero-order valence-electron chi connectivity index (χ0n) is 20.3. The number of benzene rings is 3. The summed E-state index contributed by atoms with van der Waals surface area (Å²) in [5.41, 5.74) is 0.877. The fourth-order valence-electron chi connectivity index (χ4n) is 3.90. The van der Waals surface area contributed by atoms with Crippen LogP contribution in [0.25, 0.3) is 0 Å². The molecule has 4 rings (SSSR count). The van der Waals surface area contributed by atoms with Crippen LogP contribution in [0.4, 0.5) is 0 Å². The zero-order valence-corrected chi connectivity index (χ0v) is 25.0. The number of hydrogen-bond donors (Lipinski definition) is 0. The molecule has 0 aliphatic carbocycles. The van der Waals surface area contributed by atoms with E-state index in [2.05, 4.69) is 0 Å². The van der Waals surface area contributed by atoms with Crippen LogP contribution in [0.3, 0.4) is 0 Å². The van der Waals surface area contributed by atoms with Gasteiger partial charge in [0.2, 0.25) is 30.1 Å². The van der Waals surface area contributed by atoms with Gasteiger partial charge in [-0.1, -0.05) is 89.4 Å². The van der Waals surface area contributed by atoms with Crippen LogP contribution in [0.2, 0.25) is 15.1 Å². The molecule has 0 unspecified atom stereocenters. The second-order valence-corrected chi connectivity index (χ2v) is 16.0. The molecule has 39 heavy (non-hydrogen) atoms. The average molecular weight is 653 g/mol. The fraction of sp³-hybridized carbons (Fsp3) is 0.250. The minimum absolute atomic E-state index is 0.212. The van der Waals surface area contributed by atoms with E-state index in [1.54, 1.807) is 36.4 Å². The Morgan fingerprint density at radius 1 is 0.462 bits per heavy atom. The first-order valence-corrected chi connectivity index (χ1v) is 17.4. The van der Waals surface area contributed by atoms with Gasteiger partial charge < -0.3 is 0 Å². The lowest BCUT2D eigenvalue weighted by atomic mass is 10.2. The van der Waals surface area contributed by atoms with E-state index in [1.807, 2.05) is 0 Å². The molecule has 0 N–H and O–H groups in total. The van der Waals surface area contributed by atoms with Gasteiger partial charge in [-0.3, -0.25) is 0 Å². The molecule has 3 aromatic rings. The van der Waals surface area contributed by atoms with E-state index >= 15 is 0 Å². The minimum Gasteiger partial charge on any atom is -0.212 e. The van der Waals surface area contributed by atoms with Gasteiger partial charge in [0.25, 0.3) is 0 Å². The van der Waals surface area contributed by atoms with Gasteiger partial charge in [0, 0.05) is 15.1 Å². The molecule has 1 heterocycles. The van der Waals surface area contributed by atoms with Crippen LogP contribution in [0.15, 0.2) is 72.8 Å².